The lowest BCUT2D eigenvalue weighted by Gasteiger charge is -2.16. The van der Waals surface area contributed by atoms with E-state index >= 15 is 0 Å². The fourth-order valence-corrected chi connectivity index (χ4v) is 1.66. The number of likely N-dealkylation sites (N-methyl/N-ethyl adjacent to an activating group) is 2. The molecular formula is C15H20N2O2. The Morgan fingerprint density at radius 2 is 2.16 bits per heavy atom. The molecule has 0 heterocycles. The van der Waals surface area contributed by atoms with Crippen LogP contribution in [0.15, 0.2) is 24.3 Å². The normalized spacial score (nSPS) is 9.89. The summed E-state index contributed by atoms with van der Waals surface area (Å²) in [7, 11) is 3.53. The van der Waals surface area contributed by atoms with Gasteiger partial charge in [0.25, 0.3) is 0 Å². The fourth-order valence-electron chi connectivity index (χ4n) is 1.66. The number of carbonyl (C=O) groups is 1. The molecule has 0 bridgehead atoms. The molecule has 0 unspecified atom stereocenters. The highest BCUT2D eigenvalue weighted by Gasteiger charge is 2.07. The van der Waals surface area contributed by atoms with Crippen LogP contribution in [0, 0.1) is 11.8 Å². The number of nitrogens with zero attached hydrogens (tertiary/aromatic N) is 1. The number of rotatable bonds is 5. The molecule has 2 N–H and O–H groups in total. The van der Waals surface area contributed by atoms with Crippen LogP contribution >= 0.6 is 0 Å². The summed E-state index contributed by atoms with van der Waals surface area (Å²) in [6, 6.07) is 7.85. The van der Waals surface area contributed by atoms with Gasteiger partial charge in [-0.25, -0.2) is 0 Å². The zero-order chi connectivity index (χ0) is 14.1. The van der Waals surface area contributed by atoms with Crippen LogP contribution < -0.4 is 5.32 Å². The lowest BCUT2D eigenvalue weighted by molar-refractivity contribution is -0.121. The number of aliphatic hydroxyl groups excluding tert-OH is 1. The fraction of sp³-hybridized carbons (Fsp3) is 0.400. The van der Waals surface area contributed by atoms with Crippen LogP contribution in [0.4, 0.5) is 0 Å². The van der Waals surface area contributed by atoms with Gasteiger partial charge in [-0.2, -0.15) is 0 Å². The average Bonchev–Trinajstić information content (AvgIpc) is 2.40. The second-order valence-corrected chi connectivity index (χ2v) is 4.28. The smallest absolute Gasteiger partial charge is 0.233 e. The second-order valence-electron chi connectivity index (χ2n) is 4.28. The predicted molar refractivity (Wildman–Crippen MR) is 75.4 cm³/mol. The highest BCUT2D eigenvalue weighted by atomic mass is 16.2. The Balaban J connectivity index is 2.73. The monoisotopic (exact) mass is 260 g/mol. The molecule has 0 aliphatic rings. The van der Waals surface area contributed by atoms with Crippen LogP contribution in [-0.4, -0.2) is 43.2 Å². The van der Waals surface area contributed by atoms with E-state index in [1.807, 2.05) is 36.2 Å². The first-order valence-electron chi connectivity index (χ1n) is 6.24. The van der Waals surface area contributed by atoms with Gasteiger partial charge in [0.15, 0.2) is 0 Å². The van der Waals surface area contributed by atoms with Crippen molar-refractivity contribution in [3.63, 3.8) is 0 Å². The maximum atomic E-state index is 11.3. The Hall–Kier alpha value is -1.83. The number of benzene rings is 1. The Morgan fingerprint density at radius 1 is 1.42 bits per heavy atom. The van der Waals surface area contributed by atoms with E-state index in [2.05, 4.69) is 17.2 Å². The van der Waals surface area contributed by atoms with Crippen molar-refractivity contribution >= 4 is 5.91 Å². The van der Waals surface area contributed by atoms with Gasteiger partial charge < -0.3 is 10.4 Å². The third-order valence-corrected chi connectivity index (χ3v) is 2.61. The molecule has 1 amide bonds. The van der Waals surface area contributed by atoms with Crippen LogP contribution in [0.1, 0.15) is 17.5 Å². The first-order valence-corrected chi connectivity index (χ1v) is 6.24. The van der Waals surface area contributed by atoms with Crippen LogP contribution in [0.25, 0.3) is 0 Å². The Kier molecular flexibility index (Phi) is 6.65. The van der Waals surface area contributed by atoms with Crippen LogP contribution in [0.2, 0.25) is 0 Å². The highest BCUT2D eigenvalue weighted by Crippen LogP contribution is 2.09. The van der Waals surface area contributed by atoms with Crippen LogP contribution in [0.3, 0.4) is 0 Å². The van der Waals surface area contributed by atoms with Gasteiger partial charge in [-0.1, -0.05) is 30.0 Å². The summed E-state index contributed by atoms with van der Waals surface area (Å²) >= 11 is 0. The molecule has 0 spiro atoms. The molecule has 0 aromatic heterocycles. The summed E-state index contributed by atoms with van der Waals surface area (Å²) in [5, 5.41) is 11.3. The predicted octanol–water partition coefficient (Wildman–Crippen LogP) is 0.598. The molecule has 0 aliphatic carbocycles. The molecule has 0 aliphatic heterocycles. The van der Waals surface area contributed by atoms with Crippen molar-refractivity contribution < 1.29 is 9.90 Å². The molecule has 1 rings (SSSR count). The molecule has 0 atom stereocenters. The van der Waals surface area contributed by atoms with Crippen molar-refractivity contribution in [2.45, 2.75) is 13.0 Å². The molecule has 1 aromatic carbocycles. The van der Waals surface area contributed by atoms with Gasteiger partial charge in [-0.15, -0.1) is 0 Å². The number of hydrogen-bond donors (Lipinski definition) is 2. The topological polar surface area (TPSA) is 52.6 Å². The van der Waals surface area contributed by atoms with Crippen molar-refractivity contribution in [2.75, 3.05) is 27.2 Å². The lowest BCUT2D eigenvalue weighted by Crippen LogP contribution is -2.32. The number of carbonyl (C=O) groups excluding carboxylic acids is 1. The standard InChI is InChI=1S/C15H20N2O2/c1-16-15(19)12-17(2)11-14-9-4-3-7-13(14)8-5-6-10-18/h3-4,7,9,18H,6,10-12H2,1-2H3,(H,16,19). The minimum atomic E-state index is -0.00801. The summed E-state index contributed by atoms with van der Waals surface area (Å²) < 4.78 is 0. The summed E-state index contributed by atoms with van der Waals surface area (Å²) in [5.74, 6) is 5.96. The molecular weight excluding hydrogens is 240 g/mol. The van der Waals surface area contributed by atoms with E-state index < -0.39 is 0 Å². The first kappa shape index (κ1) is 15.2. The highest BCUT2D eigenvalue weighted by molar-refractivity contribution is 5.77. The Bertz CT molecular complexity index is 475. The van der Waals surface area contributed by atoms with E-state index in [0.29, 0.717) is 19.5 Å². The number of nitrogens with one attached hydrogen (secondary N) is 1. The summed E-state index contributed by atoms with van der Waals surface area (Å²) in [6.07, 6.45) is 0.475. The Morgan fingerprint density at radius 3 is 2.84 bits per heavy atom. The van der Waals surface area contributed by atoms with Gasteiger partial charge in [0, 0.05) is 25.6 Å². The second kappa shape index (κ2) is 8.30. The number of aliphatic hydroxyl groups is 1. The molecule has 0 saturated carbocycles. The zero-order valence-electron chi connectivity index (χ0n) is 11.4. The van der Waals surface area contributed by atoms with E-state index in [1.54, 1.807) is 7.05 Å². The maximum absolute atomic E-state index is 11.3. The van der Waals surface area contributed by atoms with Crippen molar-refractivity contribution in [2.24, 2.45) is 0 Å². The molecule has 0 saturated heterocycles. The van der Waals surface area contributed by atoms with E-state index in [0.717, 1.165) is 11.1 Å². The quantitative estimate of drug-likeness (QED) is 0.762. The molecule has 1 aromatic rings. The van der Waals surface area contributed by atoms with Gasteiger partial charge in [-0.05, 0) is 18.7 Å². The van der Waals surface area contributed by atoms with Gasteiger partial charge >= 0.3 is 0 Å². The summed E-state index contributed by atoms with van der Waals surface area (Å²) in [5.41, 5.74) is 2.03. The van der Waals surface area contributed by atoms with Crippen LogP contribution in [-0.2, 0) is 11.3 Å². The van der Waals surface area contributed by atoms with Crippen molar-refractivity contribution in [3.05, 3.63) is 35.4 Å². The van der Waals surface area contributed by atoms with Crippen molar-refractivity contribution in [1.29, 1.82) is 0 Å². The molecule has 0 radical (unpaired) electrons. The van der Waals surface area contributed by atoms with Gasteiger partial charge in [0.1, 0.15) is 0 Å². The third-order valence-electron chi connectivity index (χ3n) is 2.61. The Labute approximate surface area is 114 Å². The van der Waals surface area contributed by atoms with E-state index in [-0.39, 0.29) is 12.5 Å². The van der Waals surface area contributed by atoms with Gasteiger partial charge in [0.2, 0.25) is 5.91 Å². The van der Waals surface area contributed by atoms with E-state index in [1.165, 1.54) is 0 Å². The lowest BCUT2D eigenvalue weighted by atomic mass is 10.1. The molecule has 19 heavy (non-hydrogen) atoms. The SMILES string of the molecule is CNC(=O)CN(C)Cc1ccccc1C#CCCO. The van der Waals surface area contributed by atoms with Gasteiger partial charge in [-0.3, -0.25) is 9.69 Å². The maximum Gasteiger partial charge on any atom is 0.233 e. The molecule has 4 heteroatoms. The van der Waals surface area contributed by atoms with E-state index in [9.17, 15) is 4.79 Å². The average molecular weight is 260 g/mol. The number of amides is 1. The van der Waals surface area contributed by atoms with Crippen molar-refractivity contribution in [3.8, 4) is 11.8 Å². The number of hydrogen-bond acceptors (Lipinski definition) is 3. The zero-order valence-corrected chi connectivity index (χ0v) is 11.4. The third kappa shape index (κ3) is 5.56. The van der Waals surface area contributed by atoms with Crippen LogP contribution in [0.5, 0.6) is 0 Å². The minimum absolute atomic E-state index is 0.00801. The molecule has 4 nitrogen and oxygen atoms in total. The van der Waals surface area contributed by atoms with Crippen molar-refractivity contribution in [1.82, 2.24) is 10.2 Å². The first-order chi connectivity index (χ1) is 9.17. The van der Waals surface area contributed by atoms with Gasteiger partial charge in [0.05, 0.1) is 13.2 Å². The van der Waals surface area contributed by atoms with E-state index in [4.69, 9.17) is 5.11 Å². The molecule has 102 valence electrons. The minimum Gasteiger partial charge on any atom is -0.395 e. The summed E-state index contributed by atoms with van der Waals surface area (Å²) in [6.45, 7) is 1.10. The molecule has 0 fully saturated rings. The summed E-state index contributed by atoms with van der Waals surface area (Å²) in [4.78, 5) is 13.2. The largest absolute Gasteiger partial charge is 0.395 e.